The van der Waals surface area contributed by atoms with Crippen molar-refractivity contribution >= 4 is 17.3 Å². The van der Waals surface area contributed by atoms with Crippen molar-refractivity contribution in [2.75, 3.05) is 13.2 Å². The second kappa shape index (κ2) is 4.80. The molecule has 0 aromatic rings. The summed E-state index contributed by atoms with van der Waals surface area (Å²) in [6.45, 7) is 0.853. The van der Waals surface area contributed by atoms with Gasteiger partial charge in [-0.25, -0.2) is 0 Å². The summed E-state index contributed by atoms with van der Waals surface area (Å²) in [4.78, 5) is 36.1. The predicted octanol–water partition coefficient (Wildman–Crippen LogP) is 1.04. The quantitative estimate of drug-likeness (QED) is 0.663. The molecule has 5 heteroatoms. The van der Waals surface area contributed by atoms with Crippen LogP contribution in [0.3, 0.4) is 0 Å². The minimum absolute atomic E-state index is 0.121. The number of ketones is 3. The summed E-state index contributed by atoms with van der Waals surface area (Å²) in [6.07, 6.45) is 3.70. The molecule has 5 nitrogen and oxygen atoms in total. The van der Waals surface area contributed by atoms with Gasteiger partial charge in [0.2, 0.25) is 11.6 Å². The summed E-state index contributed by atoms with van der Waals surface area (Å²) in [5.74, 6) is -2.77. The summed E-state index contributed by atoms with van der Waals surface area (Å²) in [5, 5.41) is 0. The smallest absolute Gasteiger partial charge is 0.229 e. The maximum Gasteiger partial charge on any atom is 0.229 e. The molecule has 3 fully saturated rings. The molecular formula is C14H18O5. The van der Waals surface area contributed by atoms with Crippen LogP contribution in [0.2, 0.25) is 0 Å². The molecular weight excluding hydrogens is 248 g/mol. The number of carbonyl (C=O) groups excluding carboxylic acids is 3. The van der Waals surface area contributed by atoms with Crippen LogP contribution in [0, 0.1) is 11.8 Å². The number of carbonyl (C=O) groups is 3. The van der Waals surface area contributed by atoms with Crippen molar-refractivity contribution in [1.29, 1.82) is 0 Å². The third kappa shape index (κ3) is 2.05. The molecule has 0 aromatic carbocycles. The maximum atomic E-state index is 12.6. The minimum Gasteiger partial charge on any atom is -0.341 e. The fourth-order valence-corrected chi connectivity index (χ4v) is 3.54. The highest BCUT2D eigenvalue weighted by Crippen LogP contribution is 2.41. The van der Waals surface area contributed by atoms with Crippen molar-refractivity contribution < 1.29 is 23.9 Å². The molecule has 2 atom stereocenters. The lowest BCUT2D eigenvalue weighted by molar-refractivity contribution is -0.196. The van der Waals surface area contributed by atoms with Crippen molar-refractivity contribution in [3.8, 4) is 0 Å². The molecule has 0 aromatic heterocycles. The van der Waals surface area contributed by atoms with E-state index in [0.29, 0.717) is 45.3 Å². The third-order valence-electron chi connectivity index (χ3n) is 4.50. The Kier molecular flexibility index (Phi) is 3.27. The van der Waals surface area contributed by atoms with Gasteiger partial charge in [0, 0.05) is 24.7 Å². The molecule has 3 aliphatic rings. The second-order valence-electron chi connectivity index (χ2n) is 5.60. The van der Waals surface area contributed by atoms with E-state index < -0.39 is 17.6 Å². The van der Waals surface area contributed by atoms with E-state index in [2.05, 4.69) is 0 Å². The molecule has 3 rings (SSSR count). The van der Waals surface area contributed by atoms with Crippen LogP contribution >= 0.6 is 0 Å². The van der Waals surface area contributed by atoms with Crippen LogP contribution in [0.15, 0.2) is 0 Å². The molecule has 1 spiro atoms. The van der Waals surface area contributed by atoms with Gasteiger partial charge in [-0.2, -0.15) is 0 Å². The molecule has 1 saturated heterocycles. The Balaban J connectivity index is 1.82. The summed E-state index contributed by atoms with van der Waals surface area (Å²) in [7, 11) is 0. The van der Waals surface area contributed by atoms with Gasteiger partial charge in [-0.05, 0) is 25.7 Å². The van der Waals surface area contributed by atoms with Gasteiger partial charge in [0.25, 0.3) is 0 Å². The monoisotopic (exact) mass is 266 g/mol. The van der Waals surface area contributed by atoms with E-state index in [1.807, 2.05) is 0 Å². The average molecular weight is 266 g/mol. The van der Waals surface area contributed by atoms with E-state index in [1.165, 1.54) is 0 Å². The molecule has 2 aliphatic carbocycles. The number of Topliss-reactive ketones (excluding diaryl/α,β-unsaturated/α-hetero) is 3. The fraction of sp³-hybridized carbons (Fsp3) is 0.786. The molecule has 19 heavy (non-hydrogen) atoms. The van der Waals surface area contributed by atoms with Crippen LogP contribution < -0.4 is 0 Å². The van der Waals surface area contributed by atoms with Crippen LogP contribution in [0.1, 0.15) is 38.5 Å². The van der Waals surface area contributed by atoms with E-state index >= 15 is 0 Å². The molecule has 2 saturated carbocycles. The van der Waals surface area contributed by atoms with E-state index in [-0.39, 0.29) is 17.3 Å². The molecule has 104 valence electrons. The summed E-state index contributed by atoms with van der Waals surface area (Å²) >= 11 is 0. The fourth-order valence-electron chi connectivity index (χ4n) is 3.54. The predicted molar refractivity (Wildman–Crippen MR) is 64.3 cm³/mol. The van der Waals surface area contributed by atoms with Crippen LogP contribution in [-0.4, -0.2) is 36.4 Å². The number of ether oxygens (including phenoxy) is 2. The molecule has 1 aliphatic heterocycles. The first-order chi connectivity index (χ1) is 9.14. The van der Waals surface area contributed by atoms with Crippen LogP contribution in [0.4, 0.5) is 0 Å². The third-order valence-corrected chi connectivity index (χ3v) is 4.50. The summed E-state index contributed by atoms with van der Waals surface area (Å²) < 4.78 is 11.0. The number of hydrogen-bond donors (Lipinski definition) is 0. The first kappa shape index (κ1) is 12.9. The standard InChI is InChI=1S/C14H18O5/c15-11-5-1-3-9(12(11)16)10-4-2-6-14(13(10)17)18-7-8-19-14/h9-10H,1-8H2. The zero-order chi connectivity index (χ0) is 13.5. The van der Waals surface area contributed by atoms with Gasteiger partial charge in [-0.15, -0.1) is 0 Å². The normalized spacial score (nSPS) is 35.1. The van der Waals surface area contributed by atoms with Crippen LogP contribution in [0.5, 0.6) is 0 Å². The first-order valence-corrected chi connectivity index (χ1v) is 7.03. The van der Waals surface area contributed by atoms with Crippen molar-refractivity contribution in [3.63, 3.8) is 0 Å². The zero-order valence-corrected chi connectivity index (χ0v) is 10.9. The average Bonchev–Trinajstić information content (AvgIpc) is 2.86. The SMILES string of the molecule is O=C1CCCC(C2CCCC3(OCCO3)C2=O)C1=O. The Morgan fingerprint density at radius 2 is 1.63 bits per heavy atom. The van der Waals surface area contributed by atoms with Gasteiger partial charge >= 0.3 is 0 Å². The lowest BCUT2D eigenvalue weighted by Crippen LogP contribution is -2.51. The van der Waals surface area contributed by atoms with Crippen molar-refractivity contribution in [3.05, 3.63) is 0 Å². The summed E-state index contributed by atoms with van der Waals surface area (Å²) in [6, 6.07) is 0. The van der Waals surface area contributed by atoms with Gasteiger partial charge in [0.1, 0.15) is 0 Å². The topological polar surface area (TPSA) is 69.7 Å². The van der Waals surface area contributed by atoms with Gasteiger partial charge in [0.05, 0.1) is 13.2 Å². The van der Waals surface area contributed by atoms with Gasteiger partial charge in [-0.3, -0.25) is 14.4 Å². The largest absolute Gasteiger partial charge is 0.341 e. The number of rotatable bonds is 1. The highest BCUT2D eigenvalue weighted by atomic mass is 16.7. The van der Waals surface area contributed by atoms with E-state index in [0.717, 1.165) is 6.42 Å². The molecule has 0 bridgehead atoms. The van der Waals surface area contributed by atoms with Gasteiger partial charge in [0.15, 0.2) is 11.6 Å². The Hall–Kier alpha value is -1.07. The molecule has 0 amide bonds. The molecule has 1 heterocycles. The van der Waals surface area contributed by atoms with Crippen LogP contribution in [-0.2, 0) is 23.9 Å². The Morgan fingerprint density at radius 3 is 2.37 bits per heavy atom. The van der Waals surface area contributed by atoms with E-state index in [1.54, 1.807) is 0 Å². The molecule has 0 radical (unpaired) electrons. The van der Waals surface area contributed by atoms with Gasteiger partial charge in [-0.1, -0.05) is 0 Å². The lowest BCUT2D eigenvalue weighted by Gasteiger charge is -2.38. The number of hydrogen-bond acceptors (Lipinski definition) is 5. The van der Waals surface area contributed by atoms with Gasteiger partial charge < -0.3 is 9.47 Å². The Morgan fingerprint density at radius 1 is 0.947 bits per heavy atom. The van der Waals surface area contributed by atoms with Crippen molar-refractivity contribution in [2.24, 2.45) is 11.8 Å². The highest BCUT2D eigenvalue weighted by Gasteiger charge is 2.53. The highest BCUT2D eigenvalue weighted by molar-refractivity contribution is 6.38. The maximum absolute atomic E-state index is 12.6. The minimum atomic E-state index is -1.12. The zero-order valence-electron chi connectivity index (χ0n) is 10.9. The Bertz CT molecular complexity index is 422. The molecule has 0 N–H and O–H groups in total. The first-order valence-electron chi connectivity index (χ1n) is 7.03. The van der Waals surface area contributed by atoms with E-state index in [4.69, 9.17) is 9.47 Å². The van der Waals surface area contributed by atoms with Crippen molar-refractivity contribution in [1.82, 2.24) is 0 Å². The summed E-state index contributed by atoms with van der Waals surface area (Å²) in [5.41, 5.74) is 0. The lowest BCUT2D eigenvalue weighted by atomic mass is 9.70. The van der Waals surface area contributed by atoms with Crippen LogP contribution in [0.25, 0.3) is 0 Å². The Labute approximate surface area is 111 Å². The van der Waals surface area contributed by atoms with E-state index in [9.17, 15) is 14.4 Å². The molecule has 2 unspecified atom stereocenters. The second-order valence-corrected chi connectivity index (χ2v) is 5.60. The van der Waals surface area contributed by atoms with Crippen molar-refractivity contribution in [2.45, 2.75) is 44.3 Å².